The van der Waals surface area contributed by atoms with Crippen LogP contribution in [0.1, 0.15) is 24.1 Å². The van der Waals surface area contributed by atoms with Crippen LogP contribution in [-0.4, -0.2) is 19.0 Å². The summed E-state index contributed by atoms with van der Waals surface area (Å²) < 4.78 is 0. The van der Waals surface area contributed by atoms with Crippen molar-refractivity contribution in [2.75, 3.05) is 14.1 Å². The van der Waals surface area contributed by atoms with Crippen LogP contribution in [0.25, 0.3) is 0 Å². The van der Waals surface area contributed by atoms with Crippen LogP contribution in [0, 0.1) is 6.92 Å². The van der Waals surface area contributed by atoms with Gasteiger partial charge in [-0.2, -0.15) is 0 Å². The lowest BCUT2D eigenvalue weighted by Gasteiger charge is -2.20. The maximum absolute atomic E-state index is 2.24. The largest absolute Gasteiger partial charge is 0.303 e. The molecule has 0 saturated heterocycles. The normalized spacial score (nSPS) is 13.4. The van der Waals surface area contributed by atoms with E-state index in [0.29, 0.717) is 6.04 Å². The van der Waals surface area contributed by atoms with Crippen molar-refractivity contribution in [2.45, 2.75) is 19.9 Å². The van der Waals surface area contributed by atoms with Crippen LogP contribution in [0.4, 0.5) is 0 Å². The molecule has 0 heterocycles. The van der Waals surface area contributed by atoms with Gasteiger partial charge in [0.25, 0.3) is 0 Å². The fourth-order valence-electron chi connectivity index (χ4n) is 1.23. The first-order valence-corrected chi connectivity index (χ1v) is 4.34. The van der Waals surface area contributed by atoms with E-state index in [4.69, 9.17) is 0 Å². The van der Waals surface area contributed by atoms with E-state index in [1.807, 2.05) is 0 Å². The van der Waals surface area contributed by atoms with E-state index in [1.165, 1.54) is 11.1 Å². The molecule has 0 amide bonds. The van der Waals surface area contributed by atoms with Crippen LogP contribution < -0.4 is 0 Å². The van der Waals surface area contributed by atoms with Gasteiger partial charge in [0.1, 0.15) is 0 Å². The molecule has 0 bridgehead atoms. The van der Waals surface area contributed by atoms with Crippen LogP contribution in [0.15, 0.2) is 24.3 Å². The summed E-state index contributed by atoms with van der Waals surface area (Å²) >= 11 is 0. The zero-order valence-corrected chi connectivity index (χ0v) is 8.33. The Kier molecular flexibility index (Phi) is 2.88. The molecule has 0 aromatic heterocycles. The number of hydrogen-bond donors (Lipinski definition) is 0. The second-order valence-corrected chi connectivity index (χ2v) is 3.55. The molecule has 12 heavy (non-hydrogen) atoms. The average Bonchev–Trinajstić information content (AvgIpc) is 2.03. The van der Waals surface area contributed by atoms with Crippen molar-refractivity contribution in [1.82, 2.24) is 4.90 Å². The highest BCUT2D eigenvalue weighted by atomic mass is 15.1. The van der Waals surface area contributed by atoms with Gasteiger partial charge in [-0.25, -0.2) is 0 Å². The molecule has 1 heteroatoms. The van der Waals surface area contributed by atoms with E-state index in [1.54, 1.807) is 0 Å². The summed E-state index contributed by atoms with van der Waals surface area (Å²) in [5.41, 5.74) is 2.72. The molecule has 1 aromatic carbocycles. The Bertz CT molecular complexity index is 253. The predicted molar refractivity (Wildman–Crippen MR) is 53.3 cm³/mol. The monoisotopic (exact) mass is 163 g/mol. The summed E-state index contributed by atoms with van der Waals surface area (Å²) in [6, 6.07) is 9.17. The molecular formula is C11H17N. The molecule has 66 valence electrons. The first kappa shape index (κ1) is 9.27. The molecule has 1 rings (SSSR count). The zero-order chi connectivity index (χ0) is 9.14. The van der Waals surface area contributed by atoms with E-state index in [9.17, 15) is 0 Å². The fraction of sp³-hybridized carbons (Fsp3) is 0.455. The van der Waals surface area contributed by atoms with Gasteiger partial charge in [-0.15, -0.1) is 0 Å². The Morgan fingerprint density at radius 3 is 2.42 bits per heavy atom. The van der Waals surface area contributed by atoms with Gasteiger partial charge >= 0.3 is 0 Å². The Morgan fingerprint density at radius 1 is 1.25 bits per heavy atom. The van der Waals surface area contributed by atoms with Crippen LogP contribution in [-0.2, 0) is 0 Å². The van der Waals surface area contributed by atoms with Crippen molar-refractivity contribution in [3.05, 3.63) is 35.4 Å². The third-order valence-corrected chi connectivity index (χ3v) is 2.30. The van der Waals surface area contributed by atoms with Gasteiger partial charge in [0.05, 0.1) is 0 Å². The third-order valence-electron chi connectivity index (χ3n) is 2.30. The smallest absolute Gasteiger partial charge is 0.0313 e. The molecule has 0 N–H and O–H groups in total. The summed E-state index contributed by atoms with van der Waals surface area (Å²) in [6.07, 6.45) is 0. The second kappa shape index (κ2) is 3.72. The number of nitrogens with zero attached hydrogens (tertiary/aromatic N) is 1. The number of aryl methyl sites for hydroxylation is 1. The zero-order valence-electron chi connectivity index (χ0n) is 8.33. The van der Waals surface area contributed by atoms with E-state index in [0.717, 1.165) is 0 Å². The minimum atomic E-state index is 0.505. The van der Waals surface area contributed by atoms with Gasteiger partial charge in [-0.05, 0) is 33.5 Å². The fourth-order valence-corrected chi connectivity index (χ4v) is 1.23. The SMILES string of the molecule is Cc1cccc(C(C)N(C)C)c1. The highest BCUT2D eigenvalue weighted by Crippen LogP contribution is 2.17. The lowest BCUT2D eigenvalue weighted by atomic mass is 10.1. The highest BCUT2D eigenvalue weighted by Gasteiger charge is 2.06. The van der Waals surface area contributed by atoms with Crippen molar-refractivity contribution >= 4 is 0 Å². The lowest BCUT2D eigenvalue weighted by molar-refractivity contribution is 0.321. The molecule has 0 aliphatic carbocycles. The summed E-state index contributed by atoms with van der Waals surface area (Å²) in [6.45, 7) is 4.35. The minimum Gasteiger partial charge on any atom is -0.303 e. The van der Waals surface area contributed by atoms with E-state index in [2.05, 4.69) is 57.1 Å². The molecule has 0 radical (unpaired) electrons. The van der Waals surface area contributed by atoms with Crippen LogP contribution >= 0.6 is 0 Å². The Labute approximate surface area is 75.0 Å². The maximum atomic E-state index is 2.24. The van der Waals surface area contributed by atoms with Gasteiger partial charge in [0, 0.05) is 6.04 Å². The van der Waals surface area contributed by atoms with E-state index in [-0.39, 0.29) is 0 Å². The molecule has 0 aliphatic rings. The average molecular weight is 163 g/mol. The van der Waals surface area contributed by atoms with Crippen molar-refractivity contribution in [3.8, 4) is 0 Å². The molecule has 1 aromatic rings. The third kappa shape index (κ3) is 2.08. The summed E-state index contributed by atoms with van der Waals surface area (Å²) in [5.74, 6) is 0. The van der Waals surface area contributed by atoms with Gasteiger partial charge < -0.3 is 4.90 Å². The minimum absolute atomic E-state index is 0.505. The molecule has 1 unspecified atom stereocenters. The van der Waals surface area contributed by atoms with Crippen LogP contribution in [0.3, 0.4) is 0 Å². The number of benzene rings is 1. The van der Waals surface area contributed by atoms with Gasteiger partial charge in [0.2, 0.25) is 0 Å². The topological polar surface area (TPSA) is 3.24 Å². The lowest BCUT2D eigenvalue weighted by Crippen LogP contribution is -2.16. The Hall–Kier alpha value is -0.820. The molecule has 0 saturated carbocycles. The highest BCUT2D eigenvalue weighted by molar-refractivity contribution is 5.24. The molecule has 1 nitrogen and oxygen atoms in total. The van der Waals surface area contributed by atoms with Gasteiger partial charge in [-0.3, -0.25) is 0 Å². The maximum Gasteiger partial charge on any atom is 0.0313 e. The first-order chi connectivity index (χ1) is 5.61. The van der Waals surface area contributed by atoms with Gasteiger partial charge in [-0.1, -0.05) is 29.8 Å². The van der Waals surface area contributed by atoms with E-state index >= 15 is 0 Å². The van der Waals surface area contributed by atoms with Crippen LogP contribution in [0.2, 0.25) is 0 Å². The van der Waals surface area contributed by atoms with Crippen molar-refractivity contribution in [1.29, 1.82) is 0 Å². The molecule has 1 atom stereocenters. The second-order valence-electron chi connectivity index (χ2n) is 3.55. The molecule has 0 fully saturated rings. The number of hydrogen-bond acceptors (Lipinski definition) is 1. The Morgan fingerprint density at radius 2 is 1.92 bits per heavy atom. The van der Waals surface area contributed by atoms with Crippen LogP contribution in [0.5, 0.6) is 0 Å². The van der Waals surface area contributed by atoms with Crippen molar-refractivity contribution < 1.29 is 0 Å². The van der Waals surface area contributed by atoms with Gasteiger partial charge in [0.15, 0.2) is 0 Å². The standard InChI is InChI=1S/C11H17N/c1-9-6-5-7-11(8-9)10(2)12(3)4/h5-8,10H,1-4H3. The van der Waals surface area contributed by atoms with Crippen molar-refractivity contribution in [3.63, 3.8) is 0 Å². The number of rotatable bonds is 2. The summed E-state index contributed by atoms with van der Waals surface area (Å²) in [5, 5.41) is 0. The molecule has 0 spiro atoms. The van der Waals surface area contributed by atoms with Crippen molar-refractivity contribution in [2.24, 2.45) is 0 Å². The summed E-state index contributed by atoms with van der Waals surface area (Å²) in [7, 11) is 4.21. The molecular weight excluding hydrogens is 146 g/mol. The Balaban J connectivity index is 2.88. The summed E-state index contributed by atoms with van der Waals surface area (Å²) in [4.78, 5) is 2.22. The quantitative estimate of drug-likeness (QED) is 0.647. The molecule has 0 aliphatic heterocycles. The first-order valence-electron chi connectivity index (χ1n) is 4.34. The predicted octanol–water partition coefficient (Wildman–Crippen LogP) is 2.62. The van der Waals surface area contributed by atoms with E-state index < -0.39 is 0 Å².